The van der Waals surface area contributed by atoms with Crippen LogP contribution in [-0.2, 0) is 4.74 Å². The van der Waals surface area contributed by atoms with Gasteiger partial charge in [0, 0.05) is 13.1 Å². The van der Waals surface area contributed by atoms with Crippen LogP contribution < -0.4 is 11.5 Å². The highest BCUT2D eigenvalue weighted by atomic mass is 16.5. The number of phenolic OH excluding ortho intramolecular Hbond substituents is 1. The Bertz CT molecular complexity index is 320. The number of carbonyl (C=O) groups is 1. The molecule has 0 heterocycles. The van der Waals surface area contributed by atoms with E-state index in [4.69, 9.17) is 21.3 Å². The lowest BCUT2D eigenvalue weighted by molar-refractivity contribution is 0.0338. The summed E-state index contributed by atoms with van der Waals surface area (Å²) in [4.78, 5) is 11.5. The minimum absolute atomic E-state index is 0.0979. The van der Waals surface area contributed by atoms with Gasteiger partial charge in [-0.1, -0.05) is 0 Å². The molecule has 0 aromatic heterocycles. The average Bonchev–Trinajstić information content (AvgIpc) is 2.26. The molecular formula is C10H14N2O3. The fourth-order valence-corrected chi connectivity index (χ4v) is 1.01. The summed E-state index contributed by atoms with van der Waals surface area (Å²) < 4.78 is 5.00. The molecule has 5 N–H and O–H groups in total. The summed E-state index contributed by atoms with van der Waals surface area (Å²) in [6.45, 7) is 0.390. The summed E-state index contributed by atoms with van der Waals surface area (Å²) in [5.41, 5.74) is 11.0. The molecule has 1 aromatic carbocycles. The molecule has 5 heteroatoms. The van der Waals surface area contributed by atoms with Gasteiger partial charge in [-0.25, -0.2) is 4.79 Å². The van der Waals surface area contributed by atoms with E-state index >= 15 is 0 Å². The first-order valence-electron chi connectivity index (χ1n) is 4.57. The molecule has 0 spiro atoms. The van der Waals surface area contributed by atoms with Crippen LogP contribution >= 0.6 is 0 Å². The zero-order chi connectivity index (χ0) is 11.3. The molecule has 5 nitrogen and oxygen atoms in total. The molecule has 0 amide bonds. The predicted molar refractivity (Wildman–Crippen MR) is 55.4 cm³/mol. The van der Waals surface area contributed by atoms with Crippen molar-refractivity contribution in [2.45, 2.75) is 6.10 Å². The van der Waals surface area contributed by atoms with Gasteiger partial charge in [-0.05, 0) is 24.3 Å². The third-order valence-corrected chi connectivity index (χ3v) is 1.90. The molecule has 15 heavy (non-hydrogen) atoms. The monoisotopic (exact) mass is 210 g/mol. The number of esters is 1. The quantitative estimate of drug-likeness (QED) is 0.599. The van der Waals surface area contributed by atoms with Crippen LogP contribution in [0.1, 0.15) is 10.4 Å². The maximum absolute atomic E-state index is 11.5. The minimum Gasteiger partial charge on any atom is -0.508 e. The Hall–Kier alpha value is -1.59. The van der Waals surface area contributed by atoms with E-state index < -0.39 is 12.1 Å². The van der Waals surface area contributed by atoms with Gasteiger partial charge in [-0.3, -0.25) is 0 Å². The van der Waals surface area contributed by atoms with Crippen molar-refractivity contribution in [3.63, 3.8) is 0 Å². The number of hydrogen-bond donors (Lipinski definition) is 3. The Morgan fingerprint density at radius 1 is 1.27 bits per heavy atom. The molecule has 82 valence electrons. The van der Waals surface area contributed by atoms with E-state index in [1.807, 2.05) is 0 Å². The Balaban J connectivity index is 2.64. The largest absolute Gasteiger partial charge is 0.508 e. The fraction of sp³-hybridized carbons (Fsp3) is 0.300. The lowest BCUT2D eigenvalue weighted by Gasteiger charge is -2.13. The van der Waals surface area contributed by atoms with Crippen molar-refractivity contribution >= 4 is 5.97 Å². The molecule has 0 atom stereocenters. The van der Waals surface area contributed by atoms with Crippen molar-refractivity contribution in [3.8, 4) is 5.75 Å². The molecule has 0 aliphatic heterocycles. The highest BCUT2D eigenvalue weighted by Gasteiger charge is 2.12. The van der Waals surface area contributed by atoms with E-state index in [1.165, 1.54) is 24.3 Å². The van der Waals surface area contributed by atoms with E-state index in [0.717, 1.165) is 0 Å². The minimum atomic E-state index is -0.490. The molecule has 0 saturated heterocycles. The van der Waals surface area contributed by atoms with Gasteiger partial charge in [-0.15, -0.1) is 0 Å². The third-order valence-electron chi connectivity index (χ3n) is 1.90. The van der Waals surface area contributed by atoms with Crippen LogP contribution in [0.2, 0.25) is 0 Å². The highest BCUT2D eigenvalue weighted by Crippen LogP contribution is 2.11. The number of rotatable bonds is 4. The first-order valence-corrected chi connectivity index (χ1v) is 4.57. The predicted octanol–water partition coefficient (Wildman–Crippen LogP) is -0.165. The second-order valence-electron chi connectivity index (χ2n) is 3.05. The first-order chi connectivity index (χ1) is 7.17. The number of aromatic hydroxyl groups is 1. The standard InChI is InChI=1S/C10H14N2O3/c11-5-9(6-12)15-10(14)7-1-3-8(13)4-2-7/h1-4,9,13H,5-6,11-12H2. The van der Waals surface area contributed by atoms with Crippen molar-refractivity contribution in [2.24, 2.45) is 11.5 Å². The molecule has 0 aliphatic rings. The van der Waals surface area contributed by atoms with Crippen LogP contribution in [0.25, 0.3) is 0 Å². The maximum Gasteiger partial charge on any atom is 0.338 e. The average molecular weight is 210 g/mol. The summed E-state index contributed by atoms with van der Waals surface area (Å²) in [5.74, 6) is -0.392. The number of hydrogen-bond acceptors (Lipinski definition) is 5. The lowest BCUT2D eigenvalue weighted by atomic mass is 10.2. The Kier molecular flexibility index (Phi) is 4.08. The molecule has 0 fully saturated rings. The van der Waals surface area contributed by atoms with E-state index in [0.29, 0.717) is 5.56 Å². The lowest BCUT2D eigenvalue weighted by Crippen LogP contribution is -2.33. The van der Waals surface area contributed by atoms with Gasteiger partial charge in [0.25, 0.3) is 0 Å². The zero-order valence-electron chi connectivity index (χ0n) is 8.22. The highest BCUT2D eigenvalue weighted by molar-refractivity contribution is 5.89. The number of nitrogens with two attached hydrogens (primary N) is 2. The zero-order valence-corrected chi connectivity index (χ0v) is 8.22. The van der Waals surface area contributed by atoms with Gasteiger partial charge in [0.2, 0.25) is 0 Å². The van der Waals surface area contributed by atoms with E-state index in [1.54, 1.807) is 0 Å². The normalized spacial score (nSPS) is 10.3. The van der Waals surface area contributed by atoms with Crippen LogP contribution in [0, 0.1) is 0 Å². The Morgan fingerprint density at radius 3 is 2.27 bits per heavy atom. The Morgan fingerprint density at radius 2 is 1.80 bits per heavy atom. The van der Waals surface area contributed by atoms with Gasteiger partial charge in [0.15, 0.2) is 0 Å². The van der Waals surface area contributed by atoms with Crippen LogP contribution in [0.5, 0.6) is 5.75 Å². The van der Waals surface area contributed by atoms with E-state index in [9.17, 15) is 4.79 Å². The molecule has 0 aliphatic carbocycles. The van der Waals surface area contributed by atoms with Gasteiger partial charge in [0.05, 0.1) is 5.56 Å². The fourth-order valence-electron chi connectivity index (χ4n) is 1.01. The number of benzene rings is 1. The van der Waals surface area contributed by atoms with Gasteiger partial charge in [0.1, 0.15) is 11.9 Å². The molecule has 0 unspecified atom stereocenters. The van der Waals surface area contributed by atoms with Gasteiger partial charge >= 0.3 is 5.97 Å². The summed E-state index contributed by atoms with van der Waals surface area (Å²) in [6.07, 6.45) is -0.466. The number of phenols is 1. The molecule has 0 saturated carbocycles. The van der Waals surface area contributed by atoms with E-state index in [2.05, 4.69) is 0 Å². The van der Waals surface area contributed by atoms with E-state index in [-0.39, 0.29) is 18.8 Å². The van der Waals surface area contributed by atoms with Crippen LogP contribution in [-0.4, -0.2) is 30.3 Å². The van der Waals surface area contributed by atoms with Gasteiger partial charge in [-0.2, -0.15) is 0 Å². The smallest absolute Gasteiger partial charge is 0.338 e. The molecular weight excluding hydrogens is 196 g/mol. The number of carbonyl (C=O) groups excluding carboxylic acids is 1. The second-order valence-corrected chi connectivity index (χ2v) is 3.05. The summed E-state index contributed by atoms with van der Waals surface area (Å²) >= 11 is 0. The molecule has 0 bridgehead atoms. The van der Waals surface area contributed by atoms with Crippen molar-refractivity contribution in [1.29, 1.82) is 0 Å². The topological polar surface area (TPSA) is 98.6 Å². The summed E-state index contributed by atoms with van der Waals surface area (Å²) in [7, 11) is 0. The first kappa shape index (κ1) is 11.5. The molecule has 1 aromatic rings. The summed E-state index contributed by atoms with van der Waals surface area (Å²) in [6, 6.07) is 5.77. The van der Waals surface area contributed by atoms with Crippen LogP contribution in [0.3, 0.4) is 0 Å². The number of ether oxygens (including phenoxy) is 1. The van der Waals surface area contributed by atoms with Crippen molar-refractivity contribution in [1.82, 2.24) is 0 Å². The Labute approximate surface area is 87.6 Å². The van der Waals surface area contributed by atoms with Crippen molar-refractivity contribution in [3.05, 3.63) is 29.8 Å². The van der Waals surface area contributed by atoms with Crippen molar-refractivity contribution in [2.75, 3.05) is 13.1 Å². The molecule has 1 rings (SSSR count). The second kappa shape index (κ2) is 5.33. The summed E-state index contributed by atoms with van der Waals surface area (Å²) in [5, 5.41) is 9.02. The third kappa shape index (κ3) is 3.23. The van der Waals surface area contributed by atoms with Gasteiger partial charge < -0.3 is 21.3 Å². The molecule has 0 radical (unpaired) electrons. The SMILES string of the molecule is NCC(CN)OC(=O)c1ccc(O)cc1. The van der Waals surface area contributed by atoms with Crippen LogP contribution in [0.15, 0.2) is 24.3 Å². The van der Waals surface area contributed by atoms with Crippen LogP contribution in [0.4, 0.5) is 0 Å². The maximum atomic E-state index is 11.5. The van der Waals surface area contributed by atoms with Crippen molar-refractivity contribution < 1.29 is 14.6 Å².